The van der Waals surface area contributed by atoms with E-state index in [9.17, 15) is 4.79 Å². The number of aromatic nitrogens is 3. The number of carbonyl (C=O) groups excluding carboxylic acids is 1. The molecule has 5 rings (SSSR count). The number of thiazole rings is 1. The number of ether oxygens (including phenoxy) is 2. The minimum Gasteiger partial charge on any atom is -0.497 e. The van der Waals surface area contributed by atoms with Crippen LogP contribution in [-0.4, -0.2) is 41.1 Å². The molecule has 5 N–H and O–H groups in total. The summed E-state index contributed by atoms with van der Waals surface area (Å²) in [5.74, 6) is 1.51. The van der Waals surface area contributed by atoms with Crippen LogP contribution in [0.4, 0.5) is 11.6 Å². The Bertz CT molecular complexity index is 1360. The van der Waals surface area contributed by atoms with Crippen LogP contribution in [0.1, 0.15) is 16.5 Å². The fraction of sp³-hybridized carbons (Fsp3) is 0.217. The van der Waals surface area contributed by atoms with Crippen molar-refractivity contribution in [2.75, 3.05) is 31.3 Å². The molecule has 1 amide bonds. The minimum absolute atomic E-state index is 0.00294. The van der Waals surface area contributed by atoms with Gasteiger partial charge in [0.2, 0.25) is 11.9 Å². The highest BCUT2D eigenvalue weighted by Crippen LogP contribution is 2.40. The maximum absolute atomic E-state index is 11.4. The van der Waals surface area contributed by atoms with Crippen molar-refractivity contribution in [3.05, 3.63) is 53.2 Å². The second-order valence-electron chi connectivity index (χ2n) is 7.73. The summed E-state index contributed by atoms with van der Waals surface area (Å²) < 4.78 is 12.3. The van der Waals surface area contributed by atoms with E-state index < -0.39 is 5.91 Å². The van der Waals surface area contributed by atoms with Crippen LogP contribution in [0.25, 0.3) is 21.5 Å². The number of amides is 1. The van der Waals surface area contributed by atoms with Crippen LogP contribution in [0.3, 0.4) is 0 Å². The standard InChI is InChI=1S/C23H22N6O3S/c1-31-15-2-3-18-13(7-15)6-14(11-32-18)22-29-21-17(27-10-20(24)30)8-12(9-19(21)33-22)16-4-5-26-23(25)28-16/h2-5,7-9,14,27H,6,10-11H2,1H3,(H2,24,30)(H2,25,26,28). The molecule has 1 atom stereocenters. The van der Waals surface area contributed by atoms with Gasteiger partial charge >= 0.3 is 0 Å². The first-order valence-corrected chi connectivity index (χ1v) is 11.2. The number of carbonyl (C=O) groups is 1. The first-order chi connectivity index (χ1) is 16.0. The first-order valence-electron chi connectivity index (χ1n) is 10.4. The SMILES string of the molecule is COc1ccc2c(c1)CC(c1nc3c(NCC(N)=O)cc(-c4ccnc(N)n4)cc3s1)CO2. The topological polar surface area (TPSA) is 138 Å². The zero-order chi connectivity index (χ0) is 22.9. The quantitative estimate of drug-likeness (QED) is 0.398. The van der Waals surface area contributed by atoms with Crippen molar-refractivity contribution in [3.63, 3.8) is 0 Å². The Kier molecular flexibility index (Phi) is 5.43. The molecule has 3 heterocycles. The van der Waals surface area contributed by atoms with E-state index in [0.717, 1.165) is 44.3 Å². The first kappa shape index (κ1) is 21.0. The summed E-state index contributed by atoms with van der Waals surface area (Å²) in [7, 11) is 1.65. The number of hydrogen-bond acceptors (Lipinski definition) is 9. The van der Waals surface area contributed by atoms with E-state index in [1.165, 1.54) is 0 Å². The van der Waals surface area contributed by atoms with E-state index >= 15 is 0 Å². The van der Waals surface area contributed by atoms with Gasteiger partial charge in [0.1, 0.15) is 22.0 Å². The fourth-order valence-electron chi connectivity index (χ4n) is 3.88. The summed E-state index contributed by atoms with van der Waals surface area (Å²) in [5.41, 5.74) is 15.2. The molecule has 1 aliphatic heterocycles. The second kappa shape index (κ2) is 8.55. The van der Waals surface area contributed by atoms with Crippen LogP contribution in [0.5, 0.6) is 11.5 Å². The maximum Gasteiger partial charge on any atom is 0.236 e. The Morgan fingerprint density at radius 2 is 2.15 bits per heavy atom. The average Bonchev–Trinajstić information content (AvgIpc) is 3.26. The number of nitrogens with two attached hydrogens (primary N) is 2. The van der Waals surface area contributed by atoms with Crippen LogP contribution in [-0.2, 0) is 11.2 Å². The van der Waals surface area contributed by atoms with E-state index in [4.69, 9.17) is 25.9 Å². The molecule has 33 heavy (non-hydrogen) atoms. The van der Waals surface area contributed by atoms with Crippen molar-refractivity contribution < 1.29 is 14.3 Å². The van der Waals surface area contributed by atoms with E-state index in [1.54, 1.807) is 30.7 Å². The highest BCUT2D eigenvalue weighted by molar-refractivity contribution is 7.18. The Morgan fingerprint density at radius 1 is 1.27 bits per heavy atom. The predicted molar refractivity (Wildman–Crippen MR) is 128 cm³/mol. The highest BCUT2D eigenvalue weighted by Gasteiger charge is 2.25. The lowest BCUT2D eigenvalue weighted by atomic mass is 9.97. The van der Waals surface area contributed by atoms with Crippen molar-refractivity contribution in [1.82, 2.24) is 15.0 Å². The van der Waals surface area contributed by atoms with Gasteiger partial charge in [-0.3, -0.25) is 4.79 Å². The van der Waals surface area contributed by atoms with Crippen molar-refractivity contribution in [2.24, 2.45) is 5.73 Å². The number of nitrogen functional groups attached to an aromatic ring is 1. The van der Waals surface area contributed by atoms with Crippen molar-refractivity contribution in [2.45, 2.75) is 12.3 Å². The Morgan fingerprint density at radius 3 is 2.94 bits per heavy atom. The summed E-state index contributed by atoms with van der Waals surface area (Å²) >= 11 is 1.60. The summed E-state index contributed by atoms with van der Waals surface area (Å²) in [6.07, 6.45) is 2.41. The van der Waals surface area contributed by atoms with Crippen LogP contribution in [0, 0.1) is 0 Å². The molecule has 0 saturated carbocycles. The lowest BCUT2D eigenvalue weighted by molar-refractivity contribution is -0.116. The predicted octanol–water partition coefficient (Wildman–Crippen LogP) is 2.96. The molecule has 2 aromatic heterocycles. The van der Waals surface area contributed by atoms with Gasteiger partial charge in [-0.05, 0) is 48.4 Å². The molecule has 0 fully saturated rings. The number of nitrogens with zero attached hydrogens (tertiary/aromatic N) is 3. The number of fused-ring (bicyclic) bond motifs is 2. The minimum atomic E-state index is -0.457. The molecule has 9 nitrogen and oxygen atoms in total. The number of rotatable bonds is 6. The summed E-state index contributed by atoms with van der Waals surface area (Å²) in [5, 5.41) is 4.06. The molecule has 4 aromatic rings. The average molecular weight is 463 g/mol. The number of methoxy groups -OCH3 is 1. The largest absolute Gasteiger partial charge is 0.497 e. The molecule has 168 valence electrons. The molecule has 0 bridgehead atoms. The Labute approximate surface area is 193 Å². The van der Waals surface area contributed by atoms with Gasteiger partial charge in [-0.15, -0.1) is 11.3 Å². The third kappa shape index (κ3) is 4.24. The zero-order valence-electron chi connectivity index (χ0n) is 17.9. The summed E-state index contributed by atoms with van der Waals surface area (Å²) in [4.78, 5) is 24.6. The van der Waals surface area contributed by atoms with Gasteiger partial charge in [0, 0.05) is 17.7 Å². The van der Waals surface area contributed by atoms with Crippen LogP contribution < -0.4 is 26.3 Å². The third-order valence-electron chi connectivity index (χ3n) is 5.46. The van der Waals surface area contributed by atoms with Crippen molar-refractivity contribution in [1.29, 1.82) is 0 Å². The molecule has 0 spiro atoms. The fourth-order valence-corrected chi connectivity index (χ4v) is 5.00. The number of benzene rings is 2. The van der Waals surface area contributed by atoms with Crippen LogP contribution in [0.15, 0.2) is 42.6 Å². The Hall–Kier alpha value is -3.92. The summed E-state index contributed by atoms with van der Waals surface area (Å²) in [6, 6.07) is 11.6. The van der Waals surface area contributed by atoms with Gasteiger partial charge in [-0.2, -0.15) is 0 Å². The van der Waals surface area contributed by atoms with Gasteiger partial charge in [0.15, 0.2) is 0 Å². The number of anilines is 2. The molecule has 0 saturated heterocycles. The smallest absolute Gasteiger partial charge is 0.236 e. The van der Waals surface area contributed by atoms with Crippen LogP contribution >= 0.6 is 11.3 Å². The normalized spacial score (nSPS) is 15.0. The van der Waals surface area contributed by atoms with Gasteiger partial charge in [0.25, 0.3) is 0 Å². The van der Waals surface area contributed by atoms with Crippen LogP contribution in [0.2, 0.25) is 0 Å². The lowest BCUT2D eigenvalue weighted by Crippen LogP contribution is -2.22. The molecular formula is C23H22N6O3S. The van der Waals surface area contributed by atoms with E-state index in [2.05, 4.69) is 15.3 Å². The number of nitrogens with one attached hydrogen (secondary N) is 1. The van der Waals surface area contributed by atoms with Gasteiger partial charge < -0.3 is 26.3 Å². The van der Waals surface area contributed by atoms with Gasteiger partial charge in [-0.1, -0.05) is 0 Å². The molecule has 10 heteroatoms. The third-order valence-corrected chi connectivity index (χ3v) is 6.62. The second-order valence-corrected chi connectivity index (χ2v) is 8.79. The summed E-state index contributed by atoms with van der Waals surface area (Å²) in [6.45, 7) is 0.537. The van der Waals surface area contributed by atoms with Gasteiger partial charge in [0.05, 0.1) is 36.3 Å². The molecule has 0 radical (unpaired) electrons. The van der Waals surface area contributed by atoms with E-state index in [-0.39, 0.29) is 18.4 Å². The number of primary amides is 1. The Balaban J connectivity index is 1.54. The highest BCUT2D eigenvalue weighted by atomic mass is 32.1. The molecule has 2 aromatic carbocycles. The van der Waals surface area contributed by atoms with E-state index in [1.807, 2.05) is 30.3 Å². The van der Waals surface area contributed by atoms with Crippen molar-refractivity contribution in [3.8, 4) is 22.8 Å². The number of hydrogen-bond donors (Lipinski definition) is 3. The molecule has 1 aliphatic rings. The molecule has 1 unspecified atom stereocenters. The monoisotopic (exact) mass is 462 g/mol. The molecular weight excluding hydrogens is 440 g/mol. The maximum atomic E-state index is 11.4. The van der Waals surface area contributed by atoms with Crippen molar-refractivity contribution >= 4 is 39.1 Å². The zero-order valence-corrected chi connectivity index (χ0v) is 18.7. The van der Waals surface area contributed by atoms with Gasteiger partial charge in [-0.25, -0.2) is 15.0 Å². The van der Waals surface area contributed by atoms with E-state index in [0.29, 0.717) is 18.0 Å². The lowest BCUT2D eigenvalue weighted by Gasteiger charge is -2.24. The molecule has 0 aliphatic carbocycles.